The third-order valence-electron chi connectivity index (χ3n) is 1.39. The summed E-state index contributed by atoms with van der Waals surface area (Å²) in [6.07, 6.45) is 0. The fourth-order valence-electron chi connectivity index (χ4n) is 0.877. The van der Waals surface area contributed by atoms with Gasteiger partial charge in [-0.1, -0.05) is 30.3 Å². The van der Waals surface area contributed by atoms with Crippen molar-refractivity contribution in [2.24, 2.45) is 0 Å². The Kier molecular flexibility index (Phi) is 3.40. The van der Waals surface area contributed by atoms with E-state index in [1.165, 1.54) is 0 Å². The van der Waals surface area contributed by atoms with Crippen molar-refractivity contribution in [3.05, 3.63) is 30.3 Å². The van der Waals surface area contributed by atoms with Crippen LogP contribution >= 0.6 is 0 Å². The van der Waals surface area contributed by atoms with Crippen LogP contribution in [0.4, 0.5) is 0 Å². The Hall–Kier alpha value is -0.710. The minimum absolute atomic E-state index is 0. The van der Waals surface area contributed by atoms with Gasteiger partial charge in [-0.2, -0.15) is 0 Å². The molecule has 0 amide bonds. The number of tetrazole rings is 1. The van der Waals surface area contributed by atoms with Crippen LogP contribution in [0.5, 0.6) is 0 Å². The van der Waals surface area contributed by atoms with E-state index in [4.69, 9.17) is 0 Å². The third-order valence-corrected chi connectivity index (χ3v) is 1.39. The quantitative estimate of drug-likeness (QED) is 0.623. The first-order chi connectivity index (χ1) is 5.47. The molecule has 0 saturated heterocycles. The molecule has 0 aliphatic carbocycles. The van der Waals surface area contributed by atoms with E-state index >= 15 is 0 Å². The summed E-state index contributed by atoms with van der Waals surface area (Å²) in [4.78, 5) is 0. The van der Waals surface area contributed by atoms with Gasteiger partial charge in [-0.15, -0.1) is 5.10 Å². The summed E-state index contributed by atoms with van der Waals surface area (Å²) in [5.74, 6) is 0.700. The molecule has 0 radical (unpaired) electrons. The first-order valence-corrected chi connectivity index (χ1v) is 3.26. The predicted molar refractivity (Wildman–Crippen MR) is 46.8 cm³/mol. The average Bonchev–Trinajstić information content (AvgIpc) is 2.58. The molecule has 0 aliphatic rings. The Morgan fingerprint density at radius 1 is 1.08 bits per heavy atom. The average molecular weight is 170 g/mol. The van der Waals surface area contributed by atoms with Gasteiger partial charge in [0, 0.05) is 5.56 Å². The molecule has 0 aliphatic heterocycles. The van der Waals surface area contributed by atoms with E-state index < -0.39 is 0 Å². The second kappa shape index (κ2) is 4.35. The minimum atomic E-state index is 0. The maximum absolute atomic E-state index is 3.77. The van der Waals surface area contributed by atoms with Gasteiger partial charge in [0.25, 0.3) is 0 Å². The Labute approximate surface area is 91.7 Å². The summed E-state index contributed by atoms with van der Waals surface area (Å²) in [5, 5.41) is 13.4. The molecule has 1 N–H and O–H groups in total. The largest absolute Gasteiger partial charge is 0.239 e. The molecule has 0 atom stereocenters. The standard InChI is InChI=1S/C7H6N4.Na.H/c1-2-4-6(5-3-1)7-8-10-11-9-7;;/h1-5H,(H,8,9,10,11);;. The molecule has 12 heavy (non-hydrogen) atoms. The van der Waals surface area contributed by atoms with Crippen LogP contribution in [0.2, 0.25) is 0 Å². The number of aromatic amines is 1. The molecular formula is C7H7N4Na. The van der Waals surface area contributed by atoms with Crippen molar-refractivity contribution in [1.82, 2.24) is 20.6 Å². The Bertz CT molecular complexity index is 318. The summed E-state index contributed by atoms with van der Waals surface area (Å²) in [5.41, 5.74) is 0.998. The summed E-state index contributed by atoms with van der Waals surface area (Å²) in [6, 6.07) is 9.73. The van der Waals surface area contributed by atoms with Crippen LogP contribution in [-0.4, -0.2) is 50.2 Å². The van der Waals surface area contributed by atoms with Crippen molar-refractivity contribution in [3.63, 3.8) is 0 Å². The zero-order valence-corrected chi connectivity index (χ0v) is 5.73. The van der Waals surface area contributed by atoms with Crippen LogP contribution in [0.3, 0.4) is 0 Å². The van der Waals surface area contributed by atoms with Crippen molar-refractivity contribution in [3.8, 4) is 11.4 Å². The molecule has 0 unspecified atom stereocenters. The summed E-state index contributed by atoms with van der Waals surface area (Å²) in [7, 11) is 0. The second-order valence-electron chi connectivity index (χ2n) is 2.12. The van der Waals surface area contributed by atoms with Gasteiger partial charge in [0.15, 0.2) is 5.82 Å². The Balaban J connectivity index is 0.000000720. The summed E-state index contributed by atoms with van der Waals surface area (Å²) < 4.78 is 0. The molecule has 1 aromatic heterocycles. The maximum Gasteiger partial charge on any atom is 0.179 e. The third kappa shape index (κ3) is 1.91. The number of rotatable bonds is 1. The Morgan fingerprint density at radius 2 is 1.83 bits per heavy atom. The normalized spacial score (nSPS) is 9.00. The van der Waals surface area contributed by atoms with Crippen molar-refractivity contribution in [1.29, 1.82) is 0 Å². The molecule has 0 bridgehead atoms. The molecule has 2 aromatic rings. The maximum atomic E-state index is 3.77. The molecule has 0 saturated carbocycles. The molecule has 0 spiro atoms. The van der Waals surface area contributed by atoms with E-state index in [1.807, 2.05) is 30.3 Å². The van der Waals surface area contributed by atoms with Crippen LogP contribution in [0.25, 0.3) is 11.4 Å². The summed E-state index contributed by atoms with van der Waals surface area (Å²) >= 11 is 0. The van der Waals surface area contributed by atoms with E-state index in [1.54, 1.807) is 0 Å². The first kappa shape index (κ1) is 9.38. The van der Waals surface area contributed by atoms with Crippen LogP contribution < -0.4 is 0 Å². The number of H-pyrrole nitrogens is 1. The van der Waals surface area contributed by atoms with E-state index in [-0.39, 0.29) is 29.6 Å². The van der Waals surface area contributed by atoms with Gasteiger partial charge in [0.1, 0.15) is 0 Å². The topological polar surface area (TPSA) is 54.5 Å². The molecule has 2 rings (SSSR count). The smallest absolute Gasteiger partial charge is 0.179 e. The number of nitrogens with one attached hydrogen (secondary N) is 1. The fraction of sp³-hybridized carbons (Fsp3) is 0. The van der Waals surface area contributed by atoms with Gasteiger partial charge in [-0.05, 0) is 10.4 Å². The van der Waals surface area contributed by atoms with E-state index in [0.717, 1.165) is 5.56 Å². The monoisotopic (exact) mass is 170 g/mol. The fourth-order valence-corrected chi connectivity index (χ4v) is 0.877. The molecule has 1 aromatic carbocycles. The number of hydrogen-bond acceptors (Lipinski definition) is 3. The molecule has 5 heteroatoms. The van der Waals surface area contributed by atoms with Gasteiger partial charge in [0.05, 0.1) is 0 Å². The van der Waals surface area contributed by atoms with Crippen molar-refractivity contribution in [2.75, 3.05) is 0 Å². The van der Waals surface area contributed by atoms with Gasteiger partial charge in [-0.25, -0.2) is 5.10 Å². The van der Waals surface area contributed by atoms with Crippen LogP contribution in [0.15, 0.2) is 30.3 Å². The molecular weight excluding hydrogens is 163 g/mol. The van der Waals surface area contributed by atoms with Gasteiger partial charge in [0.2, 0.25) is 0 Å². The number of nitrogens with zero attached hydrogens (tertiary/aromatic N) is 3. The van der Waals surface area contributed by atoms with Crippen molar-refractivity contribution >= 4 is 29.6 Å². The van der Waals surface area contributed by atoms with Gasteiger partial charge >= 0.3 is 29.6 Å². The predicted octanol–water partition coefficient (Wildman–Crippen LogP) is 0.218. The molecule has 1 heterocycles. The zero-order valence-electron chi connectivity index (χ0n) is 5.73. The first-order valence-electron chi connectivity index (χ1n) is 3.26. The summed E-state index contributed by atoms with van der Waals surface area (Å²) in [6.45, 7) is 0. The number of aromatic nitrogens is 4. The van der Waals surface area contributed by atoms with Crippen molar-refractivity contribution in [2.45, 2.75) is 0 Å². The van der Waals surface area contributed by atoms with Crippen LogP contribution in [0.1, 0.15) is 0 Å². The van der Waals surface area contributed by atoms with Crippen LogP contribution in [-0.2, 0) is 0 Å². The van der Waals surface area contributed by atoms with E-state index in [9.17, 15) is 0 Å². The number of hydrogen-bond donors (Lipinski definition) is 1. The SMILES string of the molecule is [NaH].c1ccc(-c2nnn[nH]2)cc1. The number of benzene rings is 1. The van der Waals surface area contributed by atoms with Crippen LogP contribution in [0, 0.1) is 0 Å². The second-order valence-corrected chi connectivity index (χ2v) is 2.12. The van der Waals surface area contributed by atoms with Gasteiger partial charge < -0.3 is 0 Å². The molecule has 4 nitrogen and oxygen atoms in total. The Morgan fingerprint density at radius 3 is 2.42 bits per heavy atom. The van der Waals surface area contributed by atoms with E-state index in [0.29, 0.717) is 5.82 Å². The molecule has 0 fully saturated rings. The zero-order chi connectivity index (χ0) is 7.52. The van der Waals surface area contributed by atoms with E-state index in [2.05, 4.69) is 20.6 Å². The minimum Gasteiger partial charge on any atom is -0.239 e. The van der Waals surface area contributed by atoms with Gasteiger partial charge in [-0.3, -0.25) is 0 Å². The molecule has 56 valence electrons. The van der Waals surface area contributed by atoms with Crippen molar-refractivity contribution < 1.29 is 0 Å².